The summed E-state index contributed by atoms with van der Waals surface area (Å²) in [4.78, 5) is 22.0. The van der Waals surface area contributed by atoms with Gasteiger partial charge >= 0.3 is 0 Å². The number of nitro groups is 1. The highest BCUT2D eigenvalue weighted by Gasteiger charge is 2.10. The quantitative estimate of drug-likeness (QED) is 0.486. The van der Waals surface area contributed by atoms with E-state index in [0.29, 0.717) is 5.56 Å². The number of hydrogen-bond acceptors (Lipinski definition) is 3. The first-order valence-corrected chi connectivity index (χ1v) is 6.30. The summed E-state index contributed by atoms with van der Waals surface area (Å²) < 4.78 is 0. The van der Waals surface area contributed by atoms with Gasteiger partial charge in [-0.2, -0.15) is 0 Å². The van der Waals surface area contributed by atoms with Crippen LogP contribution in [0.4, 0.5) is 5.69 Å². The SMILES string of the molecule is CCC(CC)NC(=O)/C=C/c1ccccc1[N+](=O)[O-]. The lowest BCUT2D eigenvalue weighted by atomic mass is 10.1. The van der Waals surface area contributed by atoms with Crippen LogP contribution in [0.25, 0.3) is 6.08 Å². The molecule has 0 aliphatic rings. The van der Waals surface area contributed by atoms with Crippen LogP contribution in [0.3, 0.4) is 0 Å². The molecule has 0 fully saturated rings. The van der Waals surface area contributed by atoms with Gasteiger partial charge in [-0.3, -0.25) is 14.9 Å². The van der Waals surface area contributed by atoms with Crippen LogP contribution in [0, 0.1) is 10.1 Å². The Balaban J connectivity index is 2.76. The molecule has 0 bridgehead atoms. The van der Waals surface area contributed by atoms with Crippen molar-refractivity contribution in [1.82, 2.24) is 5.32 Å². The number of para-hydroxylation sites is 1. The van der Waals surface area contributed by atoms with Crippen molar-refractivity contribution in [3.05, 3.63) is 46.0 Å². The van der Waals surface area contributed by atoms with Crippen molar-refractivity contribution in [2.75, 3.05) is 0 Å². The van der Waals surface area contributed by atoms with E-state index in [0.717, 1.165) is 12.8 Å². The van der Waals surface area contributed by atoms with E-state index in [9.17, 15) is 14.9 Å². The van der Waals surface area contributed by atoms with Crippen molar-refractivity contribution in [2.24, 2.45) is 0 Å². The van der Waals surface area contributed by atoms with Crippen LogP contribution in [0.15, 0.2) is 30.3 Å². The van der Waals surface area contributed by atoms with Gasteiger partial charge in [-0.15, -0.1) is 0 Å². The van der Waals surface area contributed by atoms with Crippen molar-refractivity contribution in [3.8, 4) is 0 Å². The van der Waals surface area contributed by atoms with E-state index in [2.05, 4.69) is 5.32 Å². The molecule has 0 unspecified atom stereocenters. The van der Waals surface area contributed by atoms with E-state index in [1.807, 2.05) is 13.8 Å². The number of hydrogen-bond donors (Lipinski definition) is 1. The fourth-order valence-corrected chi connectivity index (χ4v) is 1.70. The van der Waals surface area contributed by atoms with E-state index in [1.54, 1.807) is 18.2 Å². The molecule has 1 rings (SSSR count). The van der Waals surface area contributed by atoms with E-state index in [4.69, 9.17) is 0 Å². The standard InChI is InChI=1S/C14H18N2O3/c1-3-12(4-2)15-14(17)10-9-11-7-5-6-8-13(11)16(18)19/h5-10,12H,3-4H2,1-2H3,(H,15,17)/b10-9+. The molecule has 102 valence electrons. The van der Waals surface area contributed by atoms with Crippen LogP contribution in [0.5, 0.6) is 0 Å². The Bertz CT molecular complexity index is 479. The molecule has 0 saturated heterocycles. The third-order valence-electron chi connectivity index (χ3n) is 2.88. The highest BCUT2D eigenvalue weighted by molar-refractivity contribution is 5.92. The van der Waals surface area contributed by atoms with Crippen LogP contribution in [0.1, 0.15) is 32.3 Å². The van der Waals surface area contributed by atoms with Gasteiger partial charge in [-0.25, -0.2) is 0 Å². The average molecular weight is 262 g/mol. The van der Waals surface area contributed by atoms with Crippen molar-refractivity contribution in [1.29, 1.82) is 0 Å². The van der Waals surface area contributed by atoms with Gasteiger partial charge in [0.1, 0.15) is 0 Å². The predicted molar refractivity (Wildman–Crippen MR) is 74.6 cm³/mol. The zero-order valence-corrected chi connectivity index (χ0v) is 11.1. The lowest BCUT2D eigenvalue weighted by Crippen LogP contribution is -2.32. The van der Waals surface area contributed by atoms with Gasteiger partial charge in [-0.05, 0) is 25.0 Å². The van der Waals surface area contributed by atoms with Crippen LogP contribution in [0.2, 0.25) is 0 Å². The molecular formula is C14H18N2O3. The van der Waals surface area contributed by atoms with Crippen molar-refractivity contribution in [3.63, 3.8) is 0 Å². The monoisotopic (exact) mass is 262 g/mol. The summed E-state index contributed by atoms with van der Waals surface area (Å²) >= 11 is 0. The van der Waals surface area contributed by atoms with Gasteiger partial charge in [0.15, 0.2) is 0 Å². The Morgan fingerprint density at radius 3 is 2.58 bits per heavy atom. The van der Waals surface area contributed by atoms with E-state index in [1.165, 1.54) is 18.2 Å². The Kier molecular flexibility index (Phi) is 5.73. The lowest BCUT2D eigenvalue weighted by Gasteiger charge is -2.12. The number of carbonyl (C=O) groups is 1. The maximum Gasteiger partial charge on any atom is 0.276 e. The summed E-state index contributed by atoms with van der Waals surface area (Å²) in [5.74, 6) is -0.230. The molecule has 5 nitrogen and oxygen atoms in total. The van der Waals surface area contributed by atoms with Crippen LogP contribution < -0.4 is 5.32 Å². The minimum Gasteiger partial charge on any atom is -0.350 e. The molecule has 1 N–H and O–H groups in total. The Morgan fingerprint density at radius 1 is 1.37 bits per heavy atom. The Morgan fingerprint density at radius 2 is 2.00 bits per heavy atom. The summed E-state index contributed by atoms with van der Waals surface area (Å²) in [5.41, 5.74) is 0.418. The zero-order valence-electron chi connectivity index (χ0n) is 11.1. The normalized spacial score (nSPS) is 10.9. The van der Waals surface area contributed by atoms with Gasteiger partial charge in [0.05, 0.1) is 10.5 Å². The molecular weight excluding hydrogens is 244 g/mol. The molecule has 0 spiro atoms. The van der Waals surface area contributed by atoms with E-state index < -0.39 is 4.92 Å². The molecule has 5 heteroatoms. The third-order valence-corrected chi connectivity index (χ3v) is 2.88. The second-order valence-corrected chi connectivity index (χ2v) is 4.17. The number of carbonyl (C=O) groups excluding carboxylic acids is 1. The second-order valence-electron chi connectivity index (χ2n) is 4.17. The molecule has 0 aromatic heterocycles. The van der Waals surface area contributed by atoms with Gasteiger partial charge in [0.25, 0.3) is 5.69 Å². The third kappa shape index (κ3) is 4.54. The van der Waals surface area contributed by atoms with Gasteiger partial charge in [0.2, 0.25) is 5.91 Å². The fourth-order valence-electron chi connectivity index (χ4n) is 1.70. The number of nitrogens with zero attached hydrogens (tertiary/aromatic N) is 1. The maximum atomic E-state index is 11.7. The molecule has 19 heavy (non-hydrogen) atoms. The summed E-state index contributed by atoms with van der Waals surface area (Å²) in [6.07, 6.45) is 4.53. The van der Waals surface area contributed by atoms with Crippen molar-refractivity contribution < 1.29 is 9.72 Å². The largest absolute Gasteiger partial charge is 0.350 e. The van der Waals surface area contributed by atoms with Gasteiger partial charge in [0, 0.05) is 18.2 Å². The fraction of sp³-hybridized carbons (Fsp3) is 0.357. The van der Waals surface area contributed by atoms with Gasteiger partial charge in [-0.1, -0.05) is 26.0 Å². The minimum atomic E-state index is -0.460. The topological polar surface area (TPSA) is 72.2 Å². The molecule has 1 amide bonds. The summed E-state index contributed by atoms with van der Waals surface area (Å²) in [6, 6.07) is 6.46. The van der Waals surface area contributed by atoms with Crippen LogP contribution in [-0.4, -0.2) is 16.9 Å². The molecule has 1 aromatic carbocycles. The minimum absolute atomic E-state index is 0.00548. The molecule has 0 aliphatic heterocycles. The molecule has 0 aliphatic carbocycles. The first-order valence-electron chi connectivity index (χ1n) is 6.30. The van der Waals surface area contributed by atoms with Crippen molar-refractivity contribution in [2.45, 2.75) is 32.7 Å². The number of amides is 1. The van der Waals surface area contributed by atoms with Gasteiger partial charge < -0.3 is 5.32 Å². The lowest BCUT2D eigenvalue weighted by molar-refractivity contribution is -0.385. The maximum absolute atomic E-state index is 11.7. The number of nitrogens with one attached hydrogen (secondary N) is 1. The highest BCUT2D eigenvalue weighted by atomic mass is 16.6. The molecule has 1 aromatic rings. The first kappa shape index (κ1) is 14.9. The molecule has 0 atom stereocenters. The van der Waals surface area contributed by atoms with Crippen molar-refractivity contribution >= 4 is 17.7 Å². The molecule has 0 radical (unpaired) electrons. The summed E-state index contributed by atoms with van der Waals surface area (Å²) in [5, 5.41) is 13.6. The zero-order chi connectivity index (χ0) is 14.3. The Labute approximate surface area is 112 Å². The summed E-state index contributed by atoms with van der Waals surface area (Å²) in [7, 11) is 0. The number of nitro benzene ring substituents is 1. The smallest absolute Gasteiger partial charge is 0.276 e. The highest BCUT2D eigenvalue weighted by Crippen LogP contribution is 2.18. The predicted octanol–water partition coefficient (Wildman–Crippen LogP) is 2.91. The number of benzene rings is 1. The second kappa shape index (κ2) is 7.31. The van der Waals surface area contributed by atoms with Crippen LogP contribution in [-0.2, 0) is 4.79 Å². The first-order chi connectivity index (χ1) is 9.08. The molecule has 0 saturated carbocycles. The molecule has 0 heterocycles. The summed E-state index contributed by atoms with van der Waals surface area (Å²) in [6.45, 7) is 4.00. The number of rotatable bonds is 6. The van der Waals surface area contributed by atoms with E-state index >= 15 is 0 Å². The van der Waals surface area contributed by atoms with Crippen LogP contribution >= 0.6 is 0 Å². The average Bonchev–Trinajstić information content (AvgIpc) is 2.42. The Hall–Kier alpha value is -2.17. The van der Waals surface area contributed by atoms with E-state index in [-0.39, 0.29) is 17.6 Å².